The molecule has 0 bridgehead atoms. The smallest absolute Gasteiger partial charge is 0.220 e. The molecule has 6 nitrogen and oxygen atoms in total. The Bertz CT molecular complexity index is 2060. The van der Waals surface area contributed by atoms with Crippen LogP contribution in [-0.4, -0.2) is 28.9 Å². The quantitative estimate of drug-likeness (QED) is 0.310. The van der Waals surface area contributed by atoms with Crippen molar-refractivity contribution < 1.29 is 0 Å². The van der Waals surface area contributed by atoms with E-state index < -0.39 is 0 Å². The number of fused-ring (bicyclic) bond motifs is 8. The Morgan fingerprint density at radius 3 is 2.09 bits per heavy atom. The molecule has 164 valence electrons. The van der Waals surface area contributed by atoms with Gasteiger partial charge in [0.25, 0.3) is 0 Å². The molecule has 3 aromatic heterocycles. The first-order valence-corrected chi connectivity index (χ1v) is 11.6. The molecule has 5 aromatic carbocycles. The van der Waals surface area contributed by atoms with E-state index in [0.29, 0.717) is 0 Å². The molecule has 3 heterocycles. The molecule has 0 N–H and O–H groups in total. The van der Waals surface area contributed by atoms with Crippen molar-refractivity contribution in [3.63, 3.8) is 0 Å². The van der Waals surface area contributed by atoms with Gasteiger partial charge in [0.1, 0.15) is 11.0 Å². The van der Waals surface area contributed by atoms with E-state index >= 15 is 0 Å². The van der Waals surface area contributed by atoms with Gasteiger partial charge in [-0.05, 0) is 42.5 Å². The maximum absolute atomic E-state index is 5.05. The zero-order valence-electron chi connectivity index (χ0n) is 18.6. The molecule has 0 radical (unpaired) electrons. The van der Waals surface area contributed by atoms with Gasteiger partial charge in [-0.1, -0.05) is 66.7 Å². The summed E-state index contributed by atoms with van der Waals surface area (Å²) in [4.78, 5) is 6.77. The van der Waals surface area contributed by atoms with Gasteiger partial charge in [-0.15, -0.1) is 10.2 Å². The first-order valence-electron chi connectivity index (χ1n) is 11.6. The minimum Gasteiger partial charge on any atom is -0.277 e. The number of rotatable bonds is 2. The number of benzene rings is 5. The van der Waals surface area contributed by atoms with Crippen LogP contribution in [0.5, 0.6) is 0 Å². The summed E-state index contributed by atoms with van der Waals surface area (Å²) in [6, 6.07) is 37.3. The molecule has 8 rings (SSSR count). The average Bonchev–Trinajstić information content (AvgIpc) is 3.60. The second-order valence-corrected chi connectivity index (χ2v) is 8.69. The Morgan fingerprint density at radius 1 is 0.543 bits per heavy atom. The fourth-order valence-electron chi connectivity index (χ4n) is 5.18. The van der Waals surface area contributed by atoms with Crippen LogP contribution in [0.2, 0.25) is 0 Å². The molecule has 0 atom stereocenters. The lowest BCUT2D eigenvalue weighted by Crippen LogP contribution is -1.97. The van der Waals surface area contributed by atoms with E-state index in [9.17, 15) is 0 Å². The predicted molar refractivity (Wildman–Crippen MR) is 139 cm³/mol. The Morgan fingerprint density at radius 2 is 1.23 bits per heavy atom. The summed E-state index contributed by atoms with van der Waals surface area (Å²) in [6.07, 6.45) is 0. The van der Waals surface area contributed by atoms with E-state index in [1.807, 2.05) is 36.4 Å². The highest BCUT2D eigenvalue weighted by molar-refractivity contribution is 6.09. The number of nitrogens with zero attached hydrogens (tertiary/aromatic N) is 6. The average molecular weight is 451 g/mol. The molecule has 0 saturated carbocycles. The van der Waals surface area contributed by atoms with Crippen molar-refractivity contribution >= 4 is 49.7 Å². The van der Waals surface area contributed by atoms with E-state index in [1.54, 1.807) is 4.80 Å². The van der Waals surface area contributed by atoms with Crippen LogP contribution in [0.4, 0.5) is 0 Å². The van der Waals surface area contributed by atoms with Crippen LogP contribution in [0.15, 0.2) is 109 Å². The SMILES string of the molecule is c1ccc(-n2nc3cc(-n4c5ccccc5n5c6ccccc6nc45)c4ccccc4c3n2)cc1. The molecule has 0 unspecified atom stereocenters. The minimum atomic E-state index is 0.842. The summed E-state index contributed by atoms with van der Waals surface area (Å²) < 4.78 is 4.49. The summed E-state index contributed by atoms with van der Waals surface area (Å²) in [5, 5.41) is 11.9. The van der Waals surface area contributed by atoms with Crippen LogP contribution in [0.1, 0.15) is 0 Å². The van der Waals surface area contributed by atoms with Gasteiger partial charge in [0, 0.05) is 10.8 Å². The number of hydrogen-bond donors (Lipinski definition) is 0. The maximum Gasteiger partial charge on any atom is 0.220 e. The summed E-state index contributed by atoms with van der Waals surface area (Å²) in [5.41, 5.74) is 7.98. The van der Waals surface area contributed by atoms with Gasteiger partial charge >= 0.3 is 0 Å². The highest BCUT2D eigenvalue weighted by atomic mass is 15.5. The third kappa shape index (κ3) is 2.50. The molecule has 0 aliphatic carbocycles. The molecule has 0 saturated heterocycles. The fraction of sp³-hybridized carbons (Fsp3) is 0. The molecule has 35 heavy (non-hydrogen) atoms. The van der Waals surface area contributed by atoms with Crippen LogP contribution < -0.4 is 0 Å². The van der Waals surface area contributed by atoms with Gasteiger partial charge in [0.05, 0.1) is 33.4 Å². The lowest BCUT2D eigenvalue weighted by atomic mass is 10.1. The molecular weight excluding hydrogens is 432 g/mol. The minimum absolute atomic E-state index is 0.842. The zero-order valence-corrected chi connectivity index (χ0v) is 18.6. The number of imidazole rings is 2. The first-order chi connectivity index (χ1) is 17.4. The van der Waals surface area contributed by atoms with Crippen molar-refractivity contribution in [1.82, 2.24) is 28.9 Å². The Hall–Kier alpha value is -4.97. The number of aromatic nitrogens is 6. The molecule has 0 spiro atoms. The normalized spacial score (nSPS) is 12.0. The fourth-order valence-corrected chi connectivity index (χ4v) is 5.18. The lowest BCUT2D eigenvalue weighted by molar-refractivity contribution is 0.766. The highest BCUT2D eigenvalue weighted by Crippen LogP contribution is 2.35. The monoisotopic (exact) mass is 450 g/mol. The highest BCUT2D eigenvalue weighted by Gasteiger charge is 2.20. The molecule has 0 aliphatic rings. The van der Waals surface area contributed by atoms with Crippen molar-refractivity contribution in [2.24, 2.45) is 0 Å². The van der Waals surface area contributed by atoms with Gasteiger partial charge in [-0.25, -0.2) is 4.98 Å². The van der Waals surface area contributed by atoms with Crippen LogP contribution in [0.25, 0.3) is 61.0 Å². The van der Waals surface area contributed by atoms with Crippen molar-refractivity contribution in [2.75, 3.05) is 0 Å². The van der Waals surface area contributed by atoms with E-state index in [-0.39, 0.29) is 0 Å². The van der Waals surface area contributed by atoms with Gasteiger partial charge in [0.2, 0.25) is 5.78 Å². The molecule has 0 amide bonds. The van der Waals surface area contributed by atoms with E-state index in [1.165, 1.54) is 0 Å². The summed E-state index contributed by atoms with van der Waals surface area (Å²) in [7, 11) is 0. The largest absolute Gasteiger partial charge is 0.277 e. The van der Waals surface area contributed by atoms with E-state index in [4.69, 9.17) is 15.2 Å². The predicted octanol–water partition coefficient (Wildman–Crippen LogP) is 6.32. The van der Waals surface area contributed by atoms with Crippen LogP contribution in [-0.2, 0) is 0 Å². The van der Waals surface area contributed by atoms with Crippen LogP contribution in [0, 0.1) is 0 Å². The lowest BCUT2D eigenvalue weighted by Gasteiger charge is -2.10. The van der Waals surface area contributed by atoms with Gasteiger partial charge in [-0.2, -0.15) is 4.80 Å². The standard InChI is InChI=1S/C29H18N6/c1-2-10-19(11-3-1)35-31-23-18-27(20-12-4-5-13-21(20)28(23)32-35)34-26-17-9-8-16-25(26)33-24-15-7-6-14-22(24)30-29(33)34/h1-18H. The van der Waals surface area contributed by atoms with Gasteiger partial charge in [0.15, 0.2) is 0 Å². The second kappa shape index (κ2) is 6.77. The summed E-state index contributed by atoms with van der Waals surface area (Å²) >= 11 is 0. The van der Waals surface area contributed by atoms with E-state index in [0.717, 1.165) is 61.0 Å². The van der Waals surface area contributed by atoms with Crippen molar-refractivity contribution in [1.29, 1.82) is 0 Å². The molecule has 0 fully saturated rings. The first kappa shape index (κ1) is 18.5. The second-order valence-electron chi connectivity index (χ2n) is 8.69. The van der Waals surface area contributed by atoms with Crippen molar-refractivity contribution in [3.05, 3.63) is 109 Å². The summed E-state index contributed by atoms with van der Waals surface area (Å²) in [5.74, 6) is 0.882. The third-order valence-electron chi connectivity index (χ3n) is 6.71. The van der Waals surface area contributed by atoms with Crippen LogP contribution in [0.3, 0.4) is 0 Å². The zero-order chi connectivity index (χ0) is 22.9. The Balaban J connectivity index is 1.53. The van der Waals surface area contributed by atoms with Gasteiger partial charge in [-0.3, -0.25) is 8.97 Å². The number of hydrogen-bond acceptors (Lipinski definition) is 3. The topological polar surface area (TPSA) is 52.9 Å². The van der Waals surface area contributed by atoms with E-state index in [2.05, 4.69) is 81.8 Å². The third-order valence-corrected chi connectivity index (χ3v) is 6.71. The molecule has 0 aliphatic heterocycles. The Kier molecular flexibility index (Phi) is 3.57. The molecular formula is C29H18N6. The maximum atomic E-state index is 5.05. The Labute approximate surface area is 199 Å². The van der Waals surface area contributed by atoms with Crippen LogP contribution >= 0.6 is 0 Å². The number of para-hydroxylation sites is 5. The van der Waals surface area contributed by atoms with Crippen molar-refractivity contribution in [3.8, 4) is 11.4 Å². The van der Waals surface area contributed by atoms with Gasteiger partial charge < -0.3 is 0 Å². The molecule has 6 heteroatoms. The summed E-state index contributed by atoms with van der Waals surface area (Å²) in [6.45, 7) is 0. The molecule has 8 aromatic rings. The van der Waals surface area contributed by atoms with Crippen molar-refractivity contribution in [2.45, 2.75) is 0 Å².